The molecule has 1 atom stereocenters. The molecule has 30 heavy (non-hydrogen) atoms. The summed E-state index contributed by atoms with van der Waals surface area (Å²) in [6.07, 6.45) is 1.50. The van der Waals surface area contributed by atoms with Gasteiger partial charge in [-0.05, 0) is 42.8 Å². The van der Waals surface area contributed by atoms with E-state index in [1.807, 2.05) is 0 Å². The fourth-order valence-corrected chi connectivity index (χ4v) is 4.13. The van der Waals surface area contributed by atoms with Crippen LogP contribution in [0.3, 0.4) is 0 Å². The molecule has 0 aliphatic carbocycles. The van der Waals surface area contributed by atoms with Gasteiger partial charge < -0.3 is 15.5 Å². The van der Waals surface area contributed by atoms with E-state index >= 15 is 0 Å². The summed E-state index contributed by atoms with van der Waals surface area (Å²) >= 11 is 6.23. The van der Waals surface area contributed by atoms with Crippen molar-refractivity contribution < 1.29 is 29.0 Å². The zero-order chi connectivity index (χ0) is 22.0. The van der Waals surface area contributed by atoms with E-state index < -0.39 is 35.4 Å². The number of nitrogens with one attached hydrogen (secondary N) is 1. The predicted octanol–water partition coefficient (Wildman–Crippen LogP) is 3.46. The highest BCUT2D eigenvalue weighted by molar-refractivity contribution is 8.26. The Morgan fingerprint density at radius 3 is 2.63 bits per heavy atom. The Morgan fingerprint density at radius 2 is 2.00 bits per heavy atom. The van der Waals surface area contributed by atoms with Crippen molar-refractivity contribution in [1.29, 1.82) is 0 Å². The zero-order valence-corrected chi connectivity index (χ0v) is 17.1. The number of aromatic carboxylic acids is 1. The van der Waals surface area contributed by atoms with Gasteiger partial charge in [-0.1, -0.05) is 36.1 Å². The molecule has 0 bridgehead atoms. The number of carboxylic acid groups (broad SMARTS) is 1. The number of halogens is 1. The van der Waals surface area contributed by atoms with Gasteiger partial charge in [-0.25, -0.2) is 9.18 Å². The smallest absolute Gasteiger partial charge is 0.339 e. The highest BCUT2D eigenvalue weighted by atomic mass is 32.2. The molecule has 0 saturated carbocycles. The molecule has 1 aliphatic heterocycles. The lowest BCUT2D eigenvalue weighted by Crippen LogP contribution is -2.44. The summed E-state index contributed by atoms with van der Waals surface area (Å²) < 4.78 is 13.5. The number of anilines is 1. The molecule has 0 unspecified atom stereocenters. The molecular formula is C20H15FN2O5S2. The minimum atomic E-state index is -1.30. The van der Waals surface area contributed by atoms with E-state index in [1.54, 1.807) is 6.07 Å². The van der Waals surface area contributed by atoms with Crippen molar-refractivity contribution in [2.24, 2.45) is 0 Å². The number of hydrogen-bond acceptors (Lipinski definition) is 6. The molecule has 154 valence electrons. The van der Waals surface area contributed by atoms with E-state index in [0.717, 1.165) is 28.8 Å². The van der Waals surface area contributed by atoms with Crippen LogP contribution in [0, 0.1) is 5.82 Å². The Bertz CT molecular complexity index is 1100. The maximum absolute atomic E-state index is 13.4. The van der Waals surface area contributed by atoms with Crippen LogP contribution >= 0.6 is 24.0 Å². The number of nitrogens with zero attached hydrogens (tertiary/aromatic N) is 1. The lowest BCUT2D eigenvalue weighted by Gasteiger charge is -2.22. The third-order valence-electron chi connectivity index (χ3n) is 4.23. The maximum atomic E-state index is 13.4. The van der Waals surface area contributed by atoms with E-state index in [-0.39, 0.29) is 20.5 Å². The highest BCUT2D eigenvalue weighted by Gasteiger charge is 2.38. The van der Waals surface area contributed by atoms with E-state index in [1.165, 1.54) is 37.3 Å². The summed E-state index contributed by atoms with van der Waals surface area (Å²) in [5.41, 5.74) is 0.345. The van der Waals surface area contributed by atoms with Gasteiger partial charge in [0.25, 0.3) is 5.91 Å². The molecule has 3 N–H and O–H groups in total. The van der Waals surface area contributed by atoms with Crippen molar-refractivity contribution in [1.82, 2.24) is 4.90 Å². The van der Waals surface area contributed by atoms with Crippen LogP contribution in [0.15, 0.2) is 47.4 Å². The molecule has 1 aliphatic rings. The lowest BCUT2D eigenvalue weighted by atomic mass is 10.1. The second kappa shape index (κ2) is 8.64. The zero-order valence-electron chi connectivity index (χ0n) is 15.5. The second-order valence-electron chi connectivity index (χ2n) is 6.31. The summed E-state index contributed by atoms with van der Waals surface area (Å²) in [6.45, 7) is 1.48. The van der Waals surface area contributed by atoms with Gasteiger partial charge in [0, 0.05) is 11.8 Å². The third-order valence-corrected chi connectivity index (χ3v) is 5.56. The monoisotopic (exact) mass is 446 g/mol. The number of benzene rings is 2. The number of rotatable bonds is 5. The molecule has 2 amide bonds. The molecule has 1 saturated heterocycles. The van der Waals surface area contributed by atoms with Gasteiger partial charge in [-0.15, -0.1) is 0 Å². The quantitative estimate of drug-likeness (QED) is 0.477. The summed E-state index contributed by atoms with van der Waals surface area (Å²) in [6, 6.07) is 8.31. The first-order valence-electron chi connectivity index (χ1n) is 8.57. The molecule has 3 rings (SSSR count). The maximum Gasteiger partial charge on any atom is 0.339 e. The van der Waals surface area contributed by atoms with E-state index in [0.29, 0.717) is 5.56 Å². The van der Waals surface area contributed by atoms with Crippen LogP contribution in [0.5, 0.6) is 5.75 Å². The van der Waals surface area contributed by atoms with Gasteiger partial charge in [0.05, 0.1) is 4.91 Å². The van der Waals surface area contributed by atoms with E-state index in [4.69, 9.17) is 17.3 Å². The molecule has 0 radical (unpaired) electrons. The fourth-order valence-electron chi connectivity index (χ4n) is 2.72. The SMILES string of the molecule is C[C@@H](C(=O)Nc1ccc(C(=O)O)c(O)c1)N1C(=O)/C(=C/c2cccc(F)c2)SC1=S. The highest BCUT2D eigenvalue weighted by Crippen LogP contribution is 2.34. The molecular weight excluding hydrogens is 431 g/mol. The fraction of sp³-hybridized carbons (Fsp3) is 0.100. The predicted molar refractivity (Wildman–Crippen MR) is 115 cm³/mol. The van der Waals surface area contributed by atoms with Gasteiger partial charge in [0.15, 0.2) is 0 Å². The minimum absolute atomic E-state index is 0.162. The topological polar surface area (TPSA) is 107 Å². The number of phenols is 1. The first-order valence-corrected chi connectivity index (χ1v) is 9.79. The number of thiocarbonyl (C=S) groups is 1. The number of amides is 2. The summed E-state index contributed by atoms with van der Waals surface area (Å²) in [5, 5.41) is 21.2. The molecule has 1 heterocycles. The van der Waals surface area contributed by atoms with Crippen molar-refractivity contribution in [2.45, 2.75) is 13.0 Å². The van der Waals surface area contributed by atoms with E-state index in [9.17, 15) is 23.9 Å². The Labute approximate surface area is 180 Å². The largest absolute Gasteiger partial charge is 0.507 e. The lowest BCUT2D eigenvalue weighted by molar-refractivity contribution is -0.129. The Morgan fingerprint density at radius 1 is 1.27 bits per heavy atom. The van der Waals surface area contributed by atoms with Crippen LogP contribution in [0.1, 0.15) is 22.8 Å². The molecule has 2 aromatic rings. The van der Waals surface area contributed by atoms with Crippen LogP contribution in [0.2, 0.25) is 0 Å². The Hall–Kier alpha value is -3.24. The van der Waals surface area contributed by atoms with Crippen molar-refractivity contribution in [3.05, 3.63) is 64.3 Å². The number of aromatic hydroxyl groups is 1. The summed E-state index contributed by atoms with van der Waals surface area (Å²) in [4.78, 5) is 37.7. The average Bonchev–Trinajstić information content (AvgIpc) is 2.94. The summed E-state index contributed by atoms with van der Waals surface area (Å²) in [5.74, 6) is -3.32. The molecule has 0 spiro atoms. The van der Waals surface area contributed by atoms with Crippen LogP contribution < -0.4 is 5.32 Å². The van der Waals surface area contributed by atoms with Crippen LogP contribution in [0.4, 0.5) is 10.1 Å². The van der Waals surface area contributed by atoms with Gasteiger partial charge in [-0.2, -0.15) is 0 Å². The minimum Gasteiger partial charge on any atom is -0.507 e. The number of carbonyl (C=O) groups is 3. The number of carboxylic acids is 1. The van der Waals surface area contributed by atoms with Crippen molar-refractivity contribution in [3.63, 3.8) is 0 Å². The molecule has 7 nitrogen and oxygen atoms in total. The van der Waals surface area contributed by atoms with Crippen LogP contribution in [-0.2, 0) is 9.59 Å². The number of thioether (sulfide) groups is 1. The van der Waals surface area contributed by atoms with Gasteiger partial charge >= 0.3 is 5.97 Å². The molecule has 10 heteroatoms. The standard InChI is InChI=1S/C20H15FN2O5S2/c1-10(17(25)22-13-5-6-14(19(27)28)15(24)9-13)23-18(26)16(30-20(23)29)8-11-3-2-4-12(21)7-11/h2-10,24H,1H3,(H,22,25)(H,27,28)/b16-8-/t10-/m0/s1. The summed E-state index contributed by atoms with van der Waals surface area (Å²) in [7, 11) is 0. The van der Waals surface area contributed by atoms with E-state index in [2.05, 4.69) is 5.32 Å². The first kappa shape index (κ1) is 21.5. The average molecular weight is 446 g/mol. The van der Waals surface area contributed by atoms with Crippen LogP contribution in [0.25, 0.3) is 6.08 Å². The Balaban J connectivity index is 1.76. The molecule has 0 aromatic heterocycles. The van der Waals surface area contributed by atoms with Gasteiger partial charge in [0.2, 0.25) is 5.91 Å². The van der Waals surface area contributed by atoms with Gasteiger partial charge in [0.1, 0.15) is 27.5 Å². The van der Waals surface area contributed by atoms with Crippen molar-refractivity contribution >= 4 is 57.8 Å². The second-order valence-corrected chi connectivity index (χ2v) is 7.98. The Kier molecular flexibility index (Phi) is 6.18. The van der Waals surface area contributed by atoms with Crippen molar-refractivity contribution in [2.75, 3.05) is 5.32 Å². The number of hydrogen-bond donors (Lipinski definition) is 3. The first-order chi connectivity index (χ1) is 14.2. The molecule has 2 aromatic carbocycles. The van der Waals surface area contributed by atoms with Crippen molar-refractivity contribution in [3.8, 4) is 5.75 Å². The van der Waals surface area contributed by atoms with Crippen LogP contribution in [-0.4, -0.2) is 43.3 Å². The normalized spacial score (nSPS) is 16.1. The third kappa shape index (κ3) is 4.50. The van der Waals surface area contributed by atoms with Gasteiger partial charge in [-0.3, -0.25) is 14.5 Å². The molecule has 1 fully saturated rings. The number of carbonyl (C=O) groups excluding carboxylic acids is 2.